The van der Waals surface area contributed by atoms with Crippen LogP contribution in [-0.2, 0) is 29.3 Å². The number of hydrogen-bond donors (Lipinski definition) is 0. The Labute approximate surface area is 151 Å². The second kappa shape index (κ2) is 13.8. The minimum absolute atomic E-state index is 0.262. The quantitative estimate of drug-likeness (QED) is 0.185. The van der Waals surface area contributed by atoms with Crippen molar-refractivity contribution in [2.24, 2.45) is 0 Å². The molecule has 0 spiro atoms. The van der Waals surface area contributed by atoms with Crippen LogP contribution in [0.3, 0.4) is 0 Å². The first kappa shape index (κ1) is 28.3. The maximum Gasteiger partial charge on any atom is 0.485 e. The van der Waals surface area contributed by atoms with E-state index >= 15 is 0 Å². The van der Waals surface area contributed by atoms with Gasteiger partial charge in [0.25, 0.3) is 0 Å². The van der Waals surface area contributed by atoms with Crippen LogP contribution in [0.5, 0.6) is 0 Å². The minimum Gasteiger partial charge on any atom is -0.741 e. The summed E-state index contributed by atoms with van der Waals surface area (Å²) in [6.07, 6.45) is 4.08. The van der Waals surface area contributed by atoms with Gasteiger partial charge < -0.3 is 4.55 Å². The van der Waals surface area contributed by atoms with Gasteiger partial charge in [-0.1, -0.05) is 49.5 Å². The average Bonchev–Trinajstić information content (AvgIpc) is 2.26. The fourth-order valence-electron chi connectivity index (χ4n) is 1.86. The van der Waals surface area contributed by atoms with Crippen LogP contribution in [0.2, 0.25) is 4.89 Å². The Morgan fingerprint density at radius 3 is 1.30 bits per heavy atom. The van der Waals surface area contributed by atoms with E-state index in [-0.39, 0.29) is 7.92 Å². The Balaban J connectivity index is -0.000000276. The minimum atomic E-state index is -6.09. The van der Waals surface area contributed by atoms with Gasteiger partial charge in [-0.15, -0.1) is 0 Å². The zero-order chi connectivity index (χ0) is 19.4. The van der Waals surface area contributed by atoms with Crippen LogP contribution in [0.25, 0.3) is 0 Å². The van der Waals surface area contributed by atoms with E-state index < -0.39 is 15.6 Å². The molecule has 0 aliphatic heterocycles. The zero-order valence-corrected chi connectivity index (χ0v) is 17.9. The Morgan fingerprint density at radius 1 is 1.04 bits per heavy atom. The Morgan fingerprint density at radius 2 is 1.30 bits per heavy atom. The predicted molar refractivity (Wildman–Crippen MR) is 87.7 cm³/mol. The van der Waals surface area contributed by atoms with E-state index in [0.717, 1.165) is 21.9 Å². The van der Waals surface area contributed by atoms with Gasteiger partial charge in [0, 0.05) is 0 Å². The fourth-order valence-corrected chi connectivity index (χ4v) is 5.81. The average molecular weight is 471 g/mol. The summed E-state index contributed by atoms with van der Waals surface area (Å²) in [5.41, 5.74) is -2.95. The Bertz CT molecular complexity index is 389. The summed E-state index contributed by atoms with van der Waals surface area (Å²) in [7, 11) is -5.83. The van der Waals surface area contributed by atoms with Gasteiger partial charge in [-0.25, -0.2) is 8.42 Å². The van der Waals surface area contributed by atoms with Crippen LogP contribution in [-0.4, -0.2) is 35.5 Å². The molecule has 0 fully saturated rings. The van der Waals surface area contributed by atoms with Gasteiger partial charge in [0.2, 0.25) is 0 Å². The maximum atomic E-state index is 10.7. The Kier molecular flexibility index (Phi) is 17.0. The smallest absolute Gasteiger partial charge is 0.485 e. The largest absolute Gasteiger partial charge is 0.741 e. The first-order valence-corrected chi connectivity index (χ1v) is 11.1. The van der Waals surface area contributed by atoms with Crippen LogP contribution in [0.15, 0.2) is 12.2 Å². The number of halogens is 3. The van der Waals surface area contributed by atoms with Crippen molar-refractivity contribution < 1.29 is 45.3 Å². The van der Waals surface area contributed by atoms with Gasteiger partial charge in [-0.05, 0) is 17.0 Å². The van der Waals surface area contributed by atoms with Crippen molar-refractivity contribution in [3.8, 4) is 0 Å². The van der Waals surface area contributed by atoms with Gasteiger partial charge in [-0.3, -0.25) is 0 Å². The SMILES string of the molecule is C/C=C/[CH2][Pd+].CC(C)P(C(C)C)C(C)C.O=S(=O)([O-])C(F)(F)F. The molecule has 0 aliphatic carbocycles. The molecule has 0 bridgehead atoms. The standard InChI is InChI=1S/C9H21P.C4H7.CHF3O3S.Pd/c1-7(2)10(8(3)4)9(5)6;1-3-4-2;2-1(3,4)8(5,6)7;/h7-9H,1-6H3;3-4H,1H2,2H3;(H,5,6,7);/q;;;+1/p-1/b;4-3+;;. The topological polar surface area (TPSA) is 57.2 Å². The number of hydrogen-bond acceptors (Lipinski definition) is 3. The molecule has 23 heavy (non-hydrogen) atoms. The fraction of sp³-hybridized carbons (Fsp3) is 0.857. The molecular weight excluding hydrogens is 443 g/mol. The summed E-state index contributed by atoms with van der Waals surface area (Å²) >= 11 is 3.00. The van der Waals surface area contributed by atoms with Gasteiger partial charge in [0.1, 0.15) is 0 Å². The molecule has 0 amide bonds. The molecule has 144 valence electrons. The monoisotopic (exact) mass is 470 g/mol. The van der Waals surface area contributed by atoms with Crippen molar-refractivity contribution in [2.75, 3.05) is 0 Å². The van der Waals surface area contributed by atoms with Crippen LogP contribution in [0, 0.1) is 0 Å². The van der Waals surface area contributed by atoms with Crippen molar-refractivity contribution in [2.45, 2.75) is 75.8 Å². The second-order valence-corrected chi connectivity index (χ2v) is 11.3. The molecule has 0 aromatic rings. The van der Waals surface area contributed by atoms with Crippen molar-refractivity contribution >= 4 is 18.0 Å². The number of rotatable bonds is 4. The normalized spacial score (nSPS) is 12.6. The third-order valence-corrected chi connectivity index (χ3v) is 6.89. The first-order chi connectivity index (χ1) is 10.1. The summed E-state index contributed by atoms with van der Waals surface area (Å²) in [6.45, 7) is 16.1. The van der Waals surface area contributed by atoms with Crippen LogP contribution in [0.4, 0.5) is 13.2 Å². The van der Waals surface area contributed by atoms with Crippen LogP contribution >= 0.6 is 7.92 Å². The van der Waals surface area contributed by atoms with Gasteiger partial charge in [0.05, 0.1) is 0 Å². The molecule has 0 atom stereocenters. The zero-order valence-electron chi connectivity index (χ0n) is 14.6. The van der Waals surface area contributed by atoms with E-state index in [1.807, 2.05) is 13.0 Å². The summed E-state index contributed by atoms with van der Waals surface area (Å²) < 4.78 is 58.9. The molecule has 3 nitrogen and oxygen atoms in total. The predicted octanol–water partition coefficient (Wildman–Crippen LogP) is 5.27. The molecule has 0 heterocycles. The summed E-state index contributed by atoms with van der Waals surface area (Å²) in [6, 6.07) is 0. The van der Waals surface area contributed by atoms with E-state index in [4.69, 9.17) is 13.0 Å². The second-order valence-electron chi connectivity index (χ2n) is 5.33. The molecule has 0 saturated heterocycles. The van der Waals surface area contributed by atoms with Gasteiger partial charge >= 0.3 is 48.7 Å². The van der Waals surface area contributed by atoms with Crippen LogP contribution < -0.4 is 0 Å². The molecular formula is C14H28F3O3PPdS. The summed E-state index contributed by atoms with van der Waals surface area (Å²) in [5, 5.41) is 0. The van der Waals surface area contributed by atoms with Gasteiger partial charge in [0.15, 0.2) is 10.1 Å². The molecule has 9 heteroatoms. The van der Waals surface area contributed by atoms with Gasteiger partial charge in [-0.2, -0.15) is 13.2 Å². The van der Waals surface area contributed by atoms with Crippen molar-refractivity contribution in [3.05, 3.63) is 12.2 Å². The molecule has 0 aliphatic rings. The van der Waals surface area contributed by atoms with Crippen molar-refractivity contribution in [1.29, 1.82) is 0 Å². The number of allylic oxidation sites excluding steroid dienone is 2. The summed E-state index contributed by atoms with van der Waals surface area (Å²) in [5.74, 6) is 0. The first-order valence-electron chi connectivity index (χ1n) is 7.05. The maximum absolute atomic E-state index is 10.7. The molecule has 0 N–H and O–H groups in total. The van der Waals surface area contributed by atoms with E-state index in [2.05, 4.69) is 66.8 Å². The number of alkyl halides is 3. The molecule has 0 unspecified atom stereocenters. The summed E-state index contributed by atoms with van der Waals surface area (Å²) in [4.78, 5) is 1.01. The molecule has 0 aromatic heterocycles. The molecule has 0 aromatic carbocycles. The molecule has 0 radical (unpaired) electrons. The van der Waals surface area contributed by atoms with E-state index in [9.17, 15) is 13.2 Å². The molecule has 0 rings (SSSR count). The van der Waals surface area contributed by atoms with Crippen LogP contribution in [0.1, 0.15) is 48.5 Å². The van der Waals surface area contributed by atoms with Crippen molar-refractivity contribution in [3.63, 3.8) is 0 Å². The van der Waals surface area contributed by atoms with Crippen molar-refractivity contribution in [1.82, 2.24) is 0 Å². The van der Waals surface area contributed by atoms with E-state index in [0.29, 0.717) is 0 Å². The molecule has 0 saturated carbocycles. The van der Waals surface area contributed by atoms with E-state index in [1.54, 1.807) is 0 Å². The third kappa shape index (κ3) is 17.2. The Hall–Kier alpha value is 0.532. The van der Waals surface area contributed by atoms with E-state index in [1.165, 1.54) is 0 Å². The third-order valence-electron chi connectivity index (χ3n) is 2.38.